The second-order valence-corrected chi connectivity index (χ2v) is 10.8. The molecule has 1 aromatic heterocycles. The predicted octanol–water partition coefficient (Wildman–Crippen LogP) is 4.75. The van der Waals surface area contributed by atoms with Crippen LogP contribution in [0.4, 0.5) is 4.39 Å². The fourth-order valence-electron chi connectivity index (χ4n) is 4.60. The Morgan fingerprint density at radius 2 is 1.80 bits per heavy atom. The molecule has 2 aromatic carbocycles. The second-order valence-electron chi connectivity index (χ2n) is 8.94. The van der Waals surface area contributed by atoms with Crippen LogP contribution >= 0.6 is 0 Å². The van der Waals surface area contributed by atoms with Gasteiger partial charge in [0.1, 0.15) is 5.82 Å². The van der Waals surface area contributed by atoms with E-state index in [2.05, 4.69) is 11.6 Å². The maximum absolute atomic E-state index is 14.2. The van der Waals surface area contributed by atoms with Gasteiger partial charge in [0, 0.05) is 18.0 Å². The van der Waals surface area contributed by atoms with E-state index in [4.69, 9.17) is 0 Å². The van der Waals surface area contributed by atoms with Crippen LogP contribution in [0, 0.1) is 11.7 Å². The number of imidazole rings is 1. The zero-order valence-corrected chi connectivity index (χ0v) is 20.5. The SMILES string of the molecule is C=CCN(Cc1cnc(S(=O)(=O)Cc2ccccc2F)n1Cc1ccccc1)C(=O)C1CCCC1. The van der Waals surface area contributed by atoms with E-state index in [0.29, 0.717) is 12.2 Å². The number of hydrogen-bond acceptors (Lipinski definition) is 4. The Morgan fingerprint density at radius 3 is 2.49 bits per heavy atom. The van der Waals surface area contributed by atoms with Crippen molar-refractivity contribution in [2.75, 3.05) is 6.54 Å². The Labute approximate surface area is 206 Å². The molecule has 0 bridgehead atoms. The molecule has 8 heteroatoms. The summed E-state index contributed by atoms with van der Waals surface area (Å²) in [6.07, 6.45) is 7.03. The molecule has 184 valence electrons. The molecule has 1 heterocycles. The summed E-state index contributed by atoms with van der Waals surface area (Å²) in [7, 11) is -3.96. The topological polar surface area (TPSA) is 72.3 Å². The van der Waals surface area contributed by atoms with Crippen molar-refractivity contribution < 1.29 is 17.6 Å². The van der Waals surface area contributed by atoms with Crippen molar-refractivity contribution in [2.24, 2.45) is 5.92 Å². The quantitative estimate of drug-likeness (QED) is 0.381. The summed E-state index contributed by atoms with van der Waals surface area (Å²) in [5.74, 6) is -1.02. The number of carbonyl (C=O) groups is 1. The standard InChI is InChI=1S/C27H30FN3O3S/c1-2-16-30(26(32)22-12-6-7-13-22)19-24-17-29-27(31(24)18-21-10-4-3-5-11-21)35(33,34)20-23-14-8-9-15-25(23)28/h2-5,8-11,14-15,17,22H,1,6-7,12-13,16,18-20H2. The molecule has 6 nitrogen and oxygen atoms in total. The van der Waals surface area contributed by atoms with Gasteiger partial charge in [-0.05, 0) is 24.5 Å². The lowest BCUT2D eigenvalue weighted by molar-refractivity contribution is -0.135. The fraction of sp³-hybridized carbons (Fsp3) is 0.333. The zero-order chi connectivity index (χ0) is 24.8. The molecule has 1 saturated carbocycles. The highest BCUT2D eigenvalue weighted by Gasteiger charge is 2.29. The maximum atomic E-state index is 14.2. The minimum Gasteiger partial charge on any atom is -0.333 e. The van der Waals surface area contributed by atoms with Crippen LogP contribution in [0.3, 0.4) is 0 Å². The van der Waals surface area contributed by atoms with Crippen LogP contribution in [0.1, 0.15) is 42.5 Å². The summed E-state index contributed by atoms with van der Waals surface area (Å²) in [5.41, 5.74) is 1.59. The van der Waals surface area contributed by atoms with Gasteiger partial charge < -0.3 is 9.47 Å². The number of hydrogen-bond donors (Lipinski definition) is 0. The van der Waals surface area contributed by atoms with Gasteiger partial charge in [0.25, 0.3) is 0 Å². The second kappa shape index (κ2) is 11.0. The van der Waals surface area contributed by atoms with E-state index in [1.165, 1.54) is 24.4 Å². The molecule has 0 atom stereocenters. The molecular formula is C27H30FN3O3S. The van der Waals surface area contributed by atoms with E-state index in [0.717, 1.165) is 31.2 Å². The molecule has 1 aliphatic rings. The lowest BCUT2D eigenvalue weighted by atomic mass is 10.1. The number of amides is 1. The maximum Gasteiger partial charge on any atom is 0.228 e. The van der Waals surface area contributed by atoms with Crippen molar-refractivity contribution >= 4 is 15.7 Å². The normalized spacial score (nSPS) is 14.2. The van der Waals surface area contributed by atoms with Crippen molar-refractivity contribution in [3.63, 3.8) is 0 Å². The smallest absolute Gasteiger partial charge is 0.228 e. The van der Waals surface area contributed by atoms with Gasteiger partial charge in [-0.3, -0.25) is 4.79 Å². The van der Waals surface area contributed by atoms with Crippen LogP contribution in [0.15, 0.2) is 78.6 Å². The minimum atomic E-state index is -3.96. The number of aromatic nitrogens is 2. The summed E-state index contributed by atoms with van der Waals surface area (Å²) in [5, 5.41) is -0.133. The van der Waals surface area contributed by atoms with Gasteiger partial charge in [0.2, 0.25) is 20.9 Å². The van der Waals surface area contributed by atoms with Gasteiger partial charge in [-0.15, -0.1) is 6.58 Å². The van der Waals surface area contributed by atoms with Crippen LogP contribution in [0.2, 0.25) is 0 Å². The van der Waals surface area contributed by atoms with E-state index in [1.807, 2.05) is 30.3 Å². The molecule has 0 N–H and O–H groups in total. The molecule has 0 saturated heterocycles. The van der Waals surface area contributed by atoms with E-state index in [1.54, 1.807) is 21.6 Å². The number of benzene rings is 2. The number of sulfone groups is 1. The zero-order valence-electron chi connectivity index (χ0n) is 19.6. The molecule has 0 unspecified atom stereocenters. The van der Waals surface area contributed by atoms with Crippen LogP contribution in [-0.4, -0.2) is 35.3 Å². The van der Waals surface area contributed by atoms with Gasteiger partial charge >= 0.3 is 0 Å². The summed E-state index contributed by atoms with van der Waals surface area (Å²) in [6.45, 7) is 4.64. The summed E-state index contributed by atoms with van der Waals surface area (Å²) in [6, 6.07) is 15.3. The molecule has 1 amide bonds. The first-order chi connectivity index (χ1) is 16.9. The summed E-state index contributed by atoms with van der Waals surface area (Å²) >= 11 is 0. The fourth-order valence-corrected chi connectivity index (χ4v) is 6.10. The molecule has 0 aliphatic heterocycles. The van der Waals surface area contributed by atoms with E-state index >= 15 is 0 Å². The lowest BCUT2D eigenvalue weighted by Crippen LogP contribution is -2.35. The molecule has 0 radical (unpaired) electrons. The van der Waals surface area contributed by atoms with Gasteiger partial charge in [0.05, 0.1) is 30.7 Å². The van der Waals surface area contributed by atoms with Crippen molar-refractivity contribution in [1.29, 1.82) is 0 Å². The third kappa shape index (κ3) is 5.88. The Kier molecular flexibility index (Phi) is 7.80. The molecule has 1 aliphatic carbocycles. The van der Waals surface area contributed by atoms with Gasteiger partial charge in [-0.1, -0.05) is 67.4 Å². The first-order valence-corrected chi connectivity index (χ1v) is 13.5. The first-order valence-electron chi connectivity index (χ1n) is 11.8. The van der Waals surface area contributed by atoms with Gasteiger partial charge in [-0.25, -0.2) is 17.8 Å². The Morgan fingerprint density at radius 1 is 1.11 bits per heavy atom. The third-order valence-corrected chi connectivity index (χ3v) is 7.96. The Balaban J connectivity index is 1.69. The van der Waals surface area contributed by atoms with Crippen LogP contribution in [0.5, 0.6) is 0 Å². The highest BCUT2D eigenvalue weighted by Crippen LogP contribution is 2.28. The molecule has 4 rings (SSSR count). The van der Waals surface area contributed by atoms with E-state index in [-0.39, 0.29) is 35.6 Å². The summed E-state index contributed by atoms with van der Waals surface area (Å²) < 4.78 is 42.6. The number of halogens is 1. The average Bonchev–Trinajstić information content (AvgIpc) is 3.52. The average molecular weight is 496 g/mol. The monoisotopic (exact) mass is 495 g/mol. The molecule has 3 aromatic rings. The van der Waals surface area contributed by atoms with Gasteiger partial charge in [-0.2, -0.15) is 0 Å². The molecule has 1 fully saturated rings. The van der Waals surface area contributed by atoms with Crippen molar-refractivity contribution in [2.45, 2.75) is 49.7 Å². The molecule has 0 spiro atoms. The van der Waals surface area contributed by atoms with Gasteiger partial charge in [0.15, 0.2) is 0 Å². The minimum absolute atomic E-state index is 0.00953. The largest absolute Gasteiger partial charge is 0.333 e. The van der Waals surface area contributed by atoms with Crippen molar-refractivity contribution in [3.05, 3.63) is 96.1 Å². The van der Waals surface area contributed by atoms with Crippen LogP contribution in [0.25, 0.3) is 0 Å². The Hall–Kier alpha value is -3.26. The van der Waals surface area contributed by atoms with Crippen molar-refractivity contribution in [1.82, 2.24) is 14.5 Å². The van der Waals surface area contributed by atoms with Crippen LogP contribution in [-0.2, 0) is 33.5 Å². The molecule has 35 heavy (non-hydrogen) atoms. The first kappa shape index (κ1) is 24.9. The highest BCUT2D eigenvalue weighted by atomic mass is 32.2. The lowest BCUT2D eigenvalue weighted by Gasteiger charge is -2.25. The number of rotatable bonds is 10. The van der Waals surface area contributed by atoms with Crippen LogP contribution < -0.4 is 0 Å². The number of carbonyl (C=O) groups excluding carboxylic acids is 1. The summed E-state index contributed by atoms with van der Waals surface area (Å²) in [4.78, 5) is 19.2. The van der Waals surface area contributed by atoms with E-state index in [9.17, 15) is 17.6 Å². The van der Waals surface area contributed by atoms with E-state index < -0.39 is 21.4 Å². The Bertz CT molecular complexity index is 1280. The third-order valence-electron chi connectivity index (χ3n) is 6.39. The number of nitrogens with zero attached hydrogens (tertiary/aromatic N) is 3. The predicted molar refractivity (Wildman–Crippen MR) is 133 cm³/mol. The molecular weight excluding hydrogens is 465 g/mol. The highest BCUT2D eigenvalue weighted by molar-refractivity contribution is 7.90. The van der Waals surface area contributed by atoms with Crippen molar-refractivity contribution in [3.8, 4) is 0 Å².